The largest absolute Gasteiger partial charge is 0.493 e. The lowest BCUT2D eigenvalue weighted by molar-refractivity contribution is 0.0832. The number of thiazole rings is 1. The van der Waals surface area contributed by atoms with E-state index in [0.29, 0.717) is 4.88 Å². The molecule has 5 heteroatoms. The maximum atomic E-state index is 11.9. The van der Waals surface area contributed by atoms with Gasteiger partial charge in [-0.1, -0.05) is 0 Å². The van der Waals surface area contributed by atoms with Crippen LogP contribution in [0.2, 0.25) is 0 Å². The summed E-state index contributed by atoms with van der Waals surface area (Å²) in [6.07, 6.45) is 2.59. The number of amides is 1. The maximum Gasteiger partial charge on any atom is 0.265 e. The fraction of sp³-hybridized carbons (Fsp3) is 0.286. The van der Waals surface area contributed by atoms with Crippen LogP contribution in [0.25, 0.3) is 10.6 Å². The first kappa shape index (κ1) is 12.2. The molecule has 0 radical (unpaired) electrons. The minimum atomic E-state index is -0.00626. The molecule has 0 bridgehead atoms. The van der Waals surface area contributed by atoms with Gasteiger partial charge in [-0.15, -0.1) is 11.3 Å². The monoisotopic (exact) mass is 274 g/mol. The molecule has 1 aromatic carbocycles. The normalized spacial score (nSPS) is 12.9. The molecule has 1 amide bonds. The number of rotatable bonds is 2. The zero-order valence-electron chi connectivity index (χ0n) is 10.8. The second kappa shape index (κ2) is 4.66. The molecule has 3 rings (SSSR count). The highest BCUT2D eigenvalue weighted by atomic mass is 32.1. The van der Waals surface area contributed by atoms with Crippen molar-refractivity contribution in [3.63, 3.8) is 0 Å². The number of aromatic nitrogens is 1. The third-order valence-corrected chi connectivity index (χ3v) is 4.09. The highest BCUT2D eigenvalue weighted by Crippen LogP contribution is 2.32. The van der Waals surface area contributed by atoms with Crippen LogP contribution < -0.4 is 4.74 Å². The van der Waals surface area contributed by atoms with E-state index in [2.05, 4.69) is 11.1 Å². The number of ether oxygens (including phenoxy) is 1. The molecule has 2 aromatic rings. The fourth-order valence-electron chi connectivity index (χ4n) is 2.05. The Morgan fingerprint density at radius 1 is 1.42 bits per heavy atom. The molecular formula is C14H14N2O2S. The zero-order chi connectivity index (χ0) is 13.4. The van der Waals surface area contributed by atoms with Crippen molar-refractivity contribution in [3.05, 3.63) is 34.8 Å². The number of fused-ring (bicyclic) bond motifs is 1. The van der Waals surface area contributed by atoms with Crippen LogP contribution in [0.1, 0.15) is 15.2 Å². The summed E-state index contributed by atoms with van der Waals surface area (Å²) in [5, 5.41) is 0.875. The van der Waals surface area contributed by atoms with E-state index in [9.17, 15) is 4.79 Å². The molecule has 0 aliphatic carbocycles. The van der Waals surface area contributed by atoms with Gasteiger partial charge in [-0.3, -0.25) is 4.79 Å². The first-order valence-electron chi connectivity index (χ1n) is 6.09. The Morgan fingerprint density at radius 2 is 2.26 bits per heavy atom. The van der Waals surface area contributed by atoms with Crippen molar-refractivity contribution >= 4 is 17.2 Å². The van der Waals surface area contributed by atoms with Crippen LogP contribution in [0, 0.1) is 0 Å². The van der Waals surface area contributed by atoms with Crippen LogP contribution in [0.15, 0.2) is 24.4 Å². The molecule has 19 heavy (non-hydrogen) atoms. The average molecular weight is 274 g/mol. The van der Waals surface area contributed by atoms with E-state index in [0.717, 1.165) is 29.3 Å². The third-order valence-electron chi connectivity index (χ3n) is 3.06. The zero-order valence-corrected chi connectivity index (χ0v) is 11.7. The van der Waals surface area contributed by atoms with E-state index in [1.807, 2.05) is 12.1 Å². The number of hydrogen-bond donors (Lipinski definition) is 0. The van der Waals surface area contributed by atoms with Gasteiger partial charge in [-0.05, 0) is 23.8 Å². The van der Waals surface area contributed by atoms with Crippen molar-refractivity contribution in [3.8, 4) is 16.3 Å². The quantitative estimate of drug-likeness (QED) is 0.844. The van der Waals surface area contributed by atoms with Gasteiger partial charge in [-0.2, -0.15) is 0 Å². The number of benzene rings is 1. The number of nitrogens with zero attached hydrogens (tertiary/aromatic N) is 2. The molecular weight excluding hydrogens is 260 g/mol. The molecule has 0 fully saturated rings. The van der Waals surface area contributed by atoms with E-state index in [1.165, 1.54) is 16.9 Å². The molecule has 4 nitrogen and oxygen atoms in total. The molecule has 98 valence electrons. The Kier molecular flexibility index (Phi) is 2.98. The highest BCUT2D eigenvalue weighted by Gasteiger charge is 2.16. The number of hydrogen-bond acceptors (Lipinski definition) is 4. The smallest absolute Gasteiger partial charge is 0.265 e. The molecule has 1 aromatic heterocycles. The van der Waals surface area contributed by atoms with Gasteiger partial charge in [0.2, 0.25) is 0 Å². The van der Waals surface area contributed by atoms with E-state index < -0.39 is 0 Å². The topological polar surface area (TPSA) is 42.4 Å². The minimum absolute atomic E-state index is 0.00626. The summed E-state index contributed by atoms with van der Waals surface area (Å²) in [6.45, 7) is 0.751. The first-order chi connectivity index (χ1) is 9.15. The predicted molar refractivity (Wildman–Crippen MR) is 74.8 cm³/mol. The molecule has 0 saturated heterocycles. The molecule has 0 spiro atoms. The van der Waals surface area contributed by atoms with Crippen LogP contribution in [-0.2, 0) is 6.42 Å². The Morgan fingerprint density at radius 3 is 3.05 bits per heavy atom. The molecule has 0 saturated carbocycles. The van der Waals surface area contributed by atoms with Crippen molar-refractivity contribution in [2.75, 3.05) is 20.7 Å². The van der Waals surface area contributed by atoms with E-state index in [4.69, 9.17) is 4.74 Å². The average Bonchev–Trinajstić information content (AvgIpc) is 3.05. The van der Waals surface area contributed by atoms with Gasteiger partial charge in [0, 0.05) is 26.1 Å². The summed E-state index contributed by atoms with van der Waals surface area (Å²) >= 11 is 1.42. The lowest BCUT2D eigenvalue weighted by Crippen LogP contribution is -2.20. The lowest BCUT2D eigenvalue weighted by Gasteiger charge is -2.06. The molecule has 0 unspecified atom stereocenters. The second-order valence-corrected chi connectivity index (χ2v) is 5.68. The van der Waals surface area contributed by atoms with Crippen LogP contribution in [0.3, 0.4) is 0 Å². The maximum absolute atomic E-state index is 11.9. The van der Waals surface area contributed by atoms with Gasteiger partial charge >= 0.3 is 0 Å². The van der Waals surface area contributed by atoms with Crippen LogP contribution in [0.5, 0.6) is 5.75 Å². The van der Waals surface area contributed by atoms with E-state index in [1.54, 1.807) is 25.2 Å². The summed E-state index contributed by atoms with van der Waals surface area (Å²) in [5.41, 5.74) is 2.26. The van der Waals surface area contributed by atoms with Crippen molar-refractivity contribution in [2.45, 2.75) is 6.42 Å². The third kappa shape index (κ3) is 2.21. The highest BCUT2D eigenvalue weighted by molar-refractivity contribution is 7.16. The predicted octanol–water partition coefficient (Wildman–Crippen LogP) is 2.45. The Bertz CT molecular complexity index is 634. The van der Waals surface area contributed by atoms with Gasteiger partial charge in [0.25, 0.3) is 5.91 Å². The summed E-state index contributed by atoms with van der Waals surface area (Å²) < 4.78 is 5.49. The molecule has 1 aliphatic rings. The summed E-state index contributed by atoms with van der Waals surface area (Å²) in [6, 6.07) is 6.07. The second-order valence-electron chi connectivity index (χ2n) is 4.65. The van der Waals surface area contributed by atoms with Crippen LogP contribution >= 0.6 is 11.3 Å². The van der Waals surface area contributed by atoms with Crippen LogP contribution in [0.4, 0.5) is 0 Å². The van der Waals surface area contributed by atoms with Gasteiger partial charge in [-0.25, -0.2) is 4.98 Å². The van der Waals surface area contributed by atoms with Gasteiger partial charge in [0.15, 0.2) is 0 Å². The van der Waals surface area contributed by atoms with Crippen molar-refractivity contribution in [1.82, 2.24) is 9.88 Å². The SMILES string of the molecule is CN(C)C(=O)c1cnc(-c2ccc3c(c2)CCO3)s1. The van der Waals surface area contributed by atoms with Gasteiger partial charge in [0.1, 0.15) is 15.6 Å². The van der Waals surface area contributed by atoms with Crippen molar-refractivity contribution in [2.24, 2.45) is 0 Å². The first-order valence-corrected chi connectivity index (χ1v) is 6.90. The standard InChI is InChI=1S/C14H14N2O2S/c1-16(2)14(17)12-8-15-13(19-12)10-3-4-11-9(7-10)5-6-18-11/h3-4,7-8H,5-6H2,1-2H3. The van der Waals surface area contributed by atoms with E-state index in [-0.39, 0.29) is 5.91 Å². The molecule has 0 N–H and O–H groups in total. The summed E-state index contributed by atoms with van der Waals surface area (Å²) in [5.74, 6) is 0.957. The minimum Gasteiger partial charge on any atom is -0.493 e. The molecule has 0 atom stereocenters. The molecule has 1 aliphatic heterocycles. The Balaban J connectivity index is 1.93. The number of carbonyl (C=O) groups excluding carboxylic acids is 1. The van der Waals surface area contributed by atoms with Gasteiger partial charge < -0.3 is 9.64 Å². The summed E-state index contributed by atoms with van der Waals surface area (Å²) in [7, 11) is 3.49. The fourth-order valence-corrected chi connectivity index (χ4v) is 2.98. The summed E-state index contributed by atoms with van der Waals surface area (Å²) in [4.78, 5) is 18.4. The van der Waals surface area contributed by atoms with Gasteiger partial charge in [0.05, 0.1) is 12.8 Å². The number of carbonyl (C=O) groups is 1. The van der Waals surface area contributed by atoms with Crippen molar-refractivity contribution < 1.29 is 9.53 Å². The Labute approximate surface area is 115 Å². The van der Waals surface area contributed by atoms with Crippen molar-refractivity contribution in [1.29, 1.82) is 0 Å². The molecule has 2 heterocycles. The van der Waals surface area contributed by atoms with E-state index >= 15 is 0 Å². The Hall–Kier alpha value is -1.88. The lowest BCUT2D eigenvalue weighted by atomic mass is 10.1. The van der Waals surface area contributed by atoms with Crippen LogP contribution in [-0.4, -0.2) is 36.5 Å².